The van der Waals surface area contributed by atoms with E-state index < -0.39 is 0 Å². The van der Waals surface area contributed by atoms with Crippen molar-refractivity contribution >= 4 is 11.8 Å². The zero-order valence-electron chi connectivity index (χ0n) is 14.2. The molecule has 0 saturated carbocycles. The summed E-state index contributed by atoms with van der Waals surface area (Å²) in [7, 11) is 1.57. The van der Waals surface area contributed by atoms with Gasteiger partial charge in [-0.1, -0.05) is 18.2 Å². The Kier molecular flexibility index (Phi) is 4.47. The van der Waals surface area contributed by atoms with Crippen LogP contribution in [-0.4, -0.2) is 32.1 Å². The summed E-state index contributed by atoms with van der Waals surface area (Å²) in [6, 6.07) is 17.8. The van der Waals surface area contributed by atoms with Crippen molar-refractivity contribution in [2.24, 2.45) is 0 Å². The topological polar surface area (TPSA) is 93.5 Å². The van der Waals surface area contributed by atoms with Gasteiger partial charge in [0.2, 0.25) is 11.8 Å². The van der Waals surface area contributed by atoms with Gasteiger partial charge in [-0.2, -0.15) is 0 Å². The first-order valence-electron chi connectivity index (χ1n) is 8.00. The summed E-state index contributed by atoms with van der Waals surface area (Å²) < 4.78 is 12.1. The number of hydrogen-bond donors (Lipinski definition) is 2. The van der Waals surface area contributed by atoms with Crippen LogP contribution in [0.2, 0.25) is 0 Å². The van der Waals surface area contributed by atoms with Gasteiger partial charge in [-0.3, -0.25) is 4.57 Å². The Morgan fingerprint density at radius 3 is 2.44 bits per heavy atom. The Hall–Kier alpha value is -3.39. The molecule has 0 aliphatic rings. The summed E-state index contributed by atoms with van der Waals surface area (Å²) in [6.45, 7) is 0. The quantitative estimate of drug-likeness (QED) is 0.537. The third kappa shape index (κ3) is 3.34. The van der Waals surface area contributed by atoms with Crippen molar-refractivity contribution in [2.75, 3.05) is 7.11 Å². The second-order valence-corrected chi connectivity index (χ2v) is 6.56. The first kappa shape index (κ1) is 17.0. The van der Waals surface area contributed by atoms with Crippen LogP contribution in [0.4, 0.5) is 0 Å². The summed E-state index contributed by atoms with van der Waals surface area (Å²) in [4.78, 5) is 0.395. The molecule has 7 nitrogen and oxygen atoms in total. The van der Waals surface area contributed by atoms with Crippen LogP contribution in [0.3, 0.4) is 0 Å². The number of hydrogen-bond acceptors (Lipinski definition) is 7. The number of aromatic nitrogens is 3. The van der Waals surface area contributed by atoms with Crippen LogP contribution in [-0.2, 0) is 0 Å². The molecular weight excluding hydrogens is 366 g/mol. The third-order valence-corrected chi connectivity index (χ3v) is 4.74. The van der Waals surface area contributed by atoms with Gasteiger partial charge in [0.1, 0.15) is 5.75 Å². The van der Waals surface area contributed by atoms with Gasteiger partial charge in [-0.25, -0.2) is 0 Å². The Bertz CT molecular complexity index is 1060. The van der Waals surface area contributed by atoms with Gasteiger partial charge >= 0.3 is 0 Å². The molecule has 0 amide bonds. The maximum absolute atomic E-state index is 10.5. The van der Waals surface area contributed by atoms with Crippen molar-refractivity contribution in [2.45, 2.75) is 10.1 Å². The molecule has 0 radical (unpaired) electrons. The van der Waals surface area contributed by atoms with Gasteiger partial charge in [-0.15, -0.1) is 10.2 Å². The zero-order chi connectivity index (χ0) is 18.8. The van der Waals surface area contributed by atoms with E-state index in [2.05, 4.69) is 10.2 Å². The van der Waals surface area contributed by atoms with Gasteiger partial charge in [0.25, 0.3) is 5.22 Å². The molecule has 0 aliphatic heterocycles. The van der Waals surface area contributed by atoms with Gasteiger partial charge in [0.15, 0.2) is 5.88 Å². The normalized spacial score (nSPS) is 10.9. The summed E-state index contributed by atoms with van der Waals surface area (Å²) in [5.74, 6) is 0.834. The molecular formula is C19H15N3O4S. The van der Waals surface area contributed by atoms with Gasteiger partial charge in [-0.05, 0) is 48.2 Å². The third-order valence-electron chi connectivity index (χ3n) is 3.88. The average molecular weight is 381 g/mol. The number of aromatic hydroxyl groups is 2. The lowest BCUT2D eigenvalue weighted by Gasteiger charge is -2.07. The molecule has 8 heteroatoms. The number of methoxy groups -OCH3 is 1. The predicted octanol–water partition coefficient (Wildman–Crippen LogP) is 4.10. The Morgan fingerprint density at radius 2 is 1.74 bits per heavy atom. The highest BCUT2D eigenvalue weighted by molar-refractivity contribution is 7.99. The molecule has 136 valence electrons. The van der Waals surface area contributed by atoms with E-state index >= 15 is 0 Å². The molecule has 27 heavy (non-hydrogen) atoms. The Labute approximate surface area is 158 Å². The summed E-state index contributed by atoms with van der Waals surface area (Å²) in [6.07, 6.45) is 0. The Morgan fingerprint density at radius 1 is 1.00 bits per heavy atom. The molecule has 2 heterocycles. The van der Waals surface area contributed by atoms with Crippen LogP contribution in [0.1, 0.15) is 0 Å². The number of rotatable bonds is 5. The first-order valence-corrected chi connectivity index (χ1v) is 8.82. The predicted molar refractivity (Wildman–Crippen MR) is 99.5 cm³/mol. The van der Waals surface area contributed by atoms with Crippen LogP contribution < -0.4 is 4.74 Å². The minimum Gasteiger partial charge on any atom is -0.497 e. The molecule has 4 rings (SSSR count). The van der Waals surface area contributed by atoms with Crippen molar-refractivity contribution in [3.05, 3.63) is 60.7 Å². The molecule has 2 aromatic carbocycles. The van der Waals surface area contributed by atoms with E-state index in [0.29, 0.717) is 22.2 Å². The number of ether oxygens (including phenoxy) is 1. The molecule has 0 aliphatic carbocycles. The molecule has 0 unspecified atom stereocenters. The molecule has 0 saturated heterocycles. The highest BCUT2D eigenvalue weighted by Gasteiger charge is 2.19. The van der Waals surface area contributed by atoms with E-state index in [9.17, 15) is 10.2 Å². The molecule has 0 spiro atoms. The summed E-state index contributed by atoms with van der Waals surface area (Å²) >= 11 is 1.07. The zero-order valence-corrected chi connectivity index (χ0v) is 15.1. The lowest BCUT2D eigenvalue weighted by molar-refractivity contribution is 0.397. The molecule has 0 fully saturated rings. The fraction of sp³-hybridized carbons (Fsp3) is 0.0526. The van der Waals surface area contributed by atoms with Gasteiger partial charge < -0.3 is 19.4 Å². The summed E-state index contributed by atoms with van der Waals surface area (Å²) in [5.41, 5.74) is 1.40. The fourth-order valence-corrected chi connectivity index (χ4v) is 3.31. The van der Waals surface area contributed by atoms with Crippen LogP contribution >= 0.6 is 11.8 Å². The smallest absolute Gasteiger partial charge is 0.281 e. The van der Waals surface area contributed by atoms with Gasteiger partial charge in [0.05, 0.1) is 17.7 Å². The van der Waals surface area contributed by atoms with Gasteiger partial charge in [0, 0.05) is 11.6 Å². The monoisotopic (exact) mass is 381 g/mol. The van der Waals surface area contributed by atoms with E-state index in [1.807, 2.05) is 30.3 Å². The van der Waals surface area contributed by atoms with E-state index in [1.165, 1.54) is 10.6 Å². The molecule has 0 atom stereocenters. The first-order chi connectivity index (χ1) is 13.2. The maximum atomic E-state index is 10.5. The fourth-order valence-electron chi connectivity index (χ4n) is 2.57. The van der Waals surface area contributed by atoms with Crippen LogP contribution in [0.5, 0.6) is 17.5 Å². The molecule has 4 aromatic rings. The lowest BCUT2D eigenvalue weighted by atomic mass is 10.2. The van der Waals surface area contributed by atoms with Crippen molar-refractivity contribution in [3.63, 3.8) is 0 Å². The lowest BCUT2D eigenvalue weighted by Crippen LogP contribution is -1.93. The van der Waals surface area contributed by atoms with E-state index in [4.69, 9.17) is 9.15 Å². The average Bonchev–Trinajstić information content (AvgIpc) is 3.27. The second-order valence-electron chi connectivity index (χ2n) is 5.57. The Balaban J connectivity index is 1.61. The van der Waals surface area contributed by atoms with E-state index in [-0.39, 0.29) is 17.0 Å². The van der Waals surface area contributed by atoms with E-state index in [1.54, 1.807) is 31.4 Å². The standard InChI is InChI=1S/C19H15N3O4S/c1-25-14-9-7-13(8-10-14)22-16(23)11-15(18(22)24)27-19-21-20-17(26-19)12-5-3-2-4-6-12/h2-11,23-24H,1H3. The SMILES string of the molecule is COc1ccc(-n2c(O)cc(Sc3nnc(-c4ccccc4)o3)c2O)cc1. The number of nitrogens with zero attached hydrogens (tertiary/aromatic N) is 3. The van der Waals surface area contributed by atoms with Crippen LogP contribution in [0.25, 0.3) is 17.1 Å². The van der Waals surface area contributed by atoms with Crippen molar-refractivity contribution in [1.29, 1.82) is 0 Å². The minimum atomic E-state index is -0.123. The van der Waals surface area contributed by atoms with Crippen molar-refractivity contribution < 1.29 is 19.4 Å². The molecule has 2 aromatic heterocycles. The maximum Gasteiger partial charge on any atom is 0.281 e. The van der Waals surface area contributed by atoms with Crippen molar-refractivity contribution in [3.8, 4) is 34.7 Å². The second kappa shape index (κ2) is 7.08. The van der Waals surface area contributed by atoms with Crippen LogP contribution in [0, 0.1) is 0 Å². The van der Waals surface area contributed by atoms with Crippen LogP contribution in [0.15, 0.2) is 75.2 Å². The highest BCUT2D eigenvalue weighted by atomic mass is 32.2. The highest BCUT2D eigenvalue weighted by Crippen LogP contribution is 2.41. The molecule has 2 N–H and O–H groups in total. The minimum absolute atomic E-state index is 0.108. The summed E-state index contributed by atoms with van der Waals surface area (Å²) in [5, 5.41) is 29.0. The molecule has 0 bridgehead atoms. The van der Waals surface area contributed by atoms with Crippen molar-refractivity contribution in [1.82, 2.24) is 14.8 Å². The van der Waals surface area contributed by atoms with E-state index in [0.717, 1.165) is 17.3 Å². The largest absolute Gasteiger partial charge is 0.497 e. The number of benzene rings is 2.